The molecule has 0 spiro atoms. The maximum absolute atomic E-state index is 12.3. The lowest BCUT2D eigenvalue weighted by Crippen LogP contribution is -2.45. The van der Waals surface area contributed by atoms with Crippen molar-refractivity contribution in [3.8, 4) is 5.75 Å². The molecule has 0 aromatic heterocycles. The molecule has 8 heteroatoms. The second kappa shape index (κ2) is 8.89. The first-order valence-corrected chi connectivity index (χ1v) is 8.30. The lowest BCUT2D eigenvalue weighted by Gasteiger charge is -2.28. The molecule has 1 heterocycles. The van der Waals surface area contributed by atoms with Crippen molar-refractivity contribution in [2.45, 2.75) is 26.8 Å². The molecule has 1 aromatic carbocycles. The van der Waals surface area contributed by atoms with Crippen molar-refractivity contribution < 1.29 is 28.6 Å². The van der Waals surface area contributed by atoms with Crippen molar-refractivity contribution >= 4 is 18.0 Å². The van der Waals surface area contributed by atoms with E-state index in [1.54, 1.807) is 45.0 Å². The Kier molecular flexibility index (Phi) is 6.60. The zero-order valence-corrected chi connectivity index (χ0v) is 15.0. The molecule has 0 saturated heterocycles. The van der Waals surface area contributed by atoms with E-state index in [-0.39, 0.29) is 13.2 Å². The number of urea groups is 1. The van der Waals surface area contributed by atoms with Crippen LogP contribution in [0.2, 0.25) is 0 Å². The zero-order valence-electron chi connectivity index (χ0n) is 15.0. The number of hydrogen-bond donors (Lipinski definition) is 2. The average Bonchev–Trinajstić information content (AvgIpc) is 2.60. The van der Waals surface area contributed by atoms with Gasteiger partial charge < -0.3 is 24.8 Å². The third-order valence-corrected chi connectivity index (χ3v) is 3.64. The van der Waals surface area contributed by atoms with E-state index in [9.17, 15) is 14.4 Å². The maximum atomic E-state index is 12.3. The number of ether oxygens (including phenoxy) is 3. The van der Waals surface area contributed by atoms with Gasteiger partial charge in [-0.1, -0.05) is 12.1 Å². The summed E-state index contributed by atoms with van der Waals surface area (Å²) in [6, 6.07) is 5.69. The van der Waals surface area contributed by atoms with Crippen LogP contribution in [0.15, 0.2) is 35.5 Å². The highest BCUT2D eigenvalue weighted by molar-refractivity contribution is 5.95. The fourth-order valence-electron chi connectivity index (χ4n) is 2.52. The van der Waals surface area contributed by atoms with E-state index in [2.05, 4.69) is 10.6 Å². The maximum Gasteiger partial charge on any atom is 0.344 e. The Bertz CT molecular complexity index is 711. The van der Waals surface area contributed by atoms with Gasteiger partial charge in [0.15, 0.2) is 6.61 Å². The molecule has 0 aliphatic carbocycles. The van der Waals surface area contributed by atoms with Gasteiger partial charge in [-0.15, -0.1) is 0 Å². The molecule has 0 saturated carbocycles. The van der Waals surface area contributed by atoms with Crippen LogP contribution < -0.4 is 15.4 Å². The summed E-state index contributed by atoms with van der Waals surface area (Å²) >= 11 is 0. The SMILES string of the molecule is CCOC(=O)COc1ccc([C@H]2NC(=O)NC(C)=C2C(=O)OCC)cc1. The molecule has 26 heavy (non-hydrogen) atoms. The molecule has 2 N–H and O–H groups in total. The Morgan fingerprint density at radius 2 is 1.73 bits per heavy atom. The van der Waals surface area contributed by atoms with Crippen molar-refractivity contribution in [2.75, 3.05) is 19.8 Å². The van der Waals surface area contributed by atoms with Crippen molar-refractivity contribution in [2.24, 2.45) is 0 Å². The minimum absolute atomic E-state index is 0.190. The van der Waals surface area contributed by atoms with Gasteiger partial charge in [-0.2, -0.15) is 0 Å². The van der Waals surface area contributed by atoms with Gasteiger partial charge in [0.05, 0.1) is 24.8 Å². The van der Waals surface area contributed by atoms with Crippen LogP contribution in [0.3, 0.4) is 0 Å². The van der Waals surface area contributed by atoms with E-state index in [0.29, 0.717) is 29.2 Å². The van der Waals surface area contributed by atoms with Gasteiger partial charge in [-0.3, -0.25) is 0 Å². The normalized spacial score (nSPS) is 16.4. The Labute approximate surface area is 151 Å². The van der Waals surface area contributed by atoms with E-state index in [4.69, 9.17) is 14.2 Å². The summed E-state index contributed by atoms with van der Waals surface area (Å²) < 4.78 is 15.2. The summed E-state index contributed by atoms with van der Waals surface area (Å²) in [5, 5.41) is 5.29. The monoisotopic (exact) mass is 362 g/mol. The number of nitrogens with one attached hydrogen (secondary N) is 2. The molecular weight excluding hydrogens is 340 g/mol. The highest BCUT2D eigenvalue weighted by atomic mass is 16.6. The number of carbonyl (C=O) groups is 3. The molecule has 0 bridgehead atoms. The topological polar surface area (TPSA) is 103 Å². The number of carbonyl (C=O) groups excluding carboxylic acids is 3. The molecule has 1 aromatic rings. The average molecular weight is 362 g/mol. The quantitative estimate of drug-likeness (QED) is 0.717. The van der Waals surface area contributed by atoms with Crippen molar-refractivity contribution in [3.05, 3.63) is 41.1 Å². The molecule has 0 fully saturated rings. The molecular formula is C18H22N2O6. The van der Waals surface area contributed by atoms with E-state index in [0.717, 1.165) is 0 Å². The van der Waals surface area contributed by atoms with Gasteiger partial charge in [0.1, 0.15) is 5.75 Å². The highest BCUT2D eigenvalue weighted by Gasteiger charge is 2.32. The van der Waals surface area contributed by atoms with Gasteiger partial charge in [0.25, 0.3) is 0 Å². The van der Waals surface area contributed by atoms with E-state index in [1.165, 1.54) is 0 Å². The largest absolute Gasteiger partial charge is 0.482 e. The summed E-state index contributed by atoms with van der Waals surface area (Å²) in [6.45, 7) is 5.42. The van der Waals surface area contributed by atoms with Gasteiger partial charge >= 0.3 is 18.0 Å². The predicted octanol–water partition coefficient (Wildman–Crippen LogP) is 1.82. The van der Waals surface area contributed by atoms with Gasteiger partial charge in [-0.05, 0) is 38.5 Å². The fraction of sp³-hybridized carbons (Fsp3) is 0.389. The first kappa shape index (κ1) is 19.3. The smallest absolute Gasteiger partial charge is 0.344 e. The van der Waals surface area contributed by atoms with Crippen LogP contribution >= 0.6 is 0 Å². The van der Waals surface area contributed by atoms with Crippen LogP contribution in [0, 0.1) is 0 Å². The summed E-state index contributed by atoms with van der Waals surface area (Å²) in [5.74, 6) is -0.476. The third-order valence-electron chi connectivity index (χ3n) is 3.64. The predicted molar refractivity (Wildman–Crippen MR) is 92.3 cm³/mol. The van der Waals surface area contributed by atoms with Crippen molar-refractivity contribution in [3.63, 3.8) is 0 Å². The standard InChI is InChI=1S/C18H22N2O6/c1-4-24-14(21)10-26-13-8-6-12(7-9-13)16-15(17(22)25-5-2)11(3)19-18(23)20-16/h6-9,16H,4-5,10H2,1-3H3,(H2,19,20,23)/t16-/m1/s1. The molecule has 0 radical (unpaired) electrons. The lowest BCUT2D eigenvalue weighted by atomic mass is 9.95. The number of esters is 2. The van der Waals surface area contributed by atoms with Crippen LogP contribution in [0.4, 0.5) is 4.79 Å². The second-order valence-corrected chi connectivity index (χ2v) is 5.45. The second-order valence-electron chi connectivity index (χ2n) is 5.45. The summed E-state index contributed by atoms with van der Waals surface area (Å²) in [7, 11) is 0. The highest BCUT2D eigenvalue weighted by Crippen LogP contribution is 2.28. The minimum Gasteiger partial charge on any atom is -0.482 e. The first-order chi connectivity index (χ1) is 12.5. The minimum atomic E-state index is -0.637. The number of rotatable bonds is 7. The van der Waals surface area contributed by atoms with Crippen molar-refractivity contribution in [1.82, 2.24) is 10.6 Å². The third kappa shape index (κ3) is 4.75. The van der Waals surface area contributed by atoms with Gasteiger partial charge in [0.2, 0.25) is 0 Å². The molecule has 140 valence electrons. The number of allylic oxidation sites excluding steroid dienone is 1. The molecule has 1 aliphatic heterocycles. The fourth-order valence-corrected chi connectivity index (χ4v) is 2.52. The van der Waals surface area contributed by atoms with E-state index < -0.39 is 24.0 Å². The summed E-state index contributed by atoms with van der Waals surface area (Å²) in [4.78, 5) is 35.4. The van der Waals surface area contributed by atoms with Crippen LogP contribution in [0.5, 0.6) is 5.75 Å². The molecule has 8 nitrogen and oxygen atoms in total. The van der Waals surface area contributed by atoms with Crippen LogP contribution in [-0.4, -0.2) is 37.8 Å². The van der Waals surface area contributed by atoms with E-state index in [1.807, 2.05) is 0 Å². The molecule has 0 unspecified atom stereocenters. The molecule has 2 rings (SSSR count). The van der Waals surface area contributed by atoms with Crippen LogP contribution in [-0.2, 0) is 19.1 Å². The van der Waals surface area contributed by atoms with Gasteiger partial charge in [-0.25, -0.2) is 14.4 Å². The lowest BCUT2D eigenvalue weighted by molar-refractivity contribution is -0.145. The first-order valence-electron chi connectivity index (χ1n) is 8.30. The van der Waals surface area contributed by atoms with Crippen molar-refractivity contribution in [1.29, 1.82) is 0 Å². The number of hydrogen-bond acceptors (Lipinski definition) is 6. The Morgan fingerprint density at radius 3 is 2.35 bits per heavy atom. The van der Waals surface area contributed by atoms with Crippen LogP contribution in [0.1, 0.15) is 32.4 Å². The molecule has 1 atom stereocenters. The summed E-state index contributed by atoms with van der Waals surface area (Å²) in [5.41, 5.74) is 1.47. The Morgan fingerprint density at radius 1 is 1.08 bits per heavy atom. The zero-order chi connectivity index (χ0) is 19.1. The number of benzene rings is 1. The Balaban J connectivity index is 2.17. The van der Waals surface area contributed by atoms with Gasteiger partial charge in [0, 0.05) is 5.70 Å². The summed E-state index contributed by atoms with van der Waals surface area (Å²) in [6.07, 6.45) is 0. The Hall–Kier alpha value is -3.03. The van der Waals surface area contributed by atoms with E-state index >= 15 is 0 Å². The van der Waals surface area contributed by atoms with Crippen LogP contribution in [0.25, 0.3) is 0 Å². The number of amides is 2. The molecule has 1 aliphatic rings. The molecule has 2 amide bonds.